The number of nitrogens with one attached hydrogen (secondary N) is 1. The first kappa shape index (κ1) is 15.2. The SMILES string of the molecule is COc1ccccc1CC(=O)Nc1ccc2c(c1)OCCN2C. The lowest BCUT2D eigenvalue weighted by molar-refractivity contribution is -0.115. The maximum Gasteiger partial charge on any atom is 0.228 e. The van der Waals surface area contributed by atoms with Crippen LogP contribution in [0.25, 0.3) is 0 Å². The molecule has 0 bridgehead atoms. The van der Waals surface area contributed by atoms with Crippen molar-refractivity contribution in [1.29, 1.82) is 0 Å². The van der Waals surface area contributed by atoms with E-state index in [2.05, 4.69) is 10.2 Å². The van der Waals surface area contributed by atoms with E-state index in [0.29, 0.717) is 6.61 Å². The van der Waals surface area contributed by atoms with Crippen LogP contribution in [0.1, 0.15) is 5.56 Å². The smallest absolute Gasteiger partial charge is 0.228 e. The molecule has 0 radical (unpaired) electrons. The summed E-state index contributed by atoms with van der Waals surface area (Å²) in [5.41, 5.74) is 2.64. The lowest BCUT2D eigenvalue weighted by Crippen LogP contribution is -2.28. The van der Waals surface area contributed by atoms with Gasteiger partial charge in [-0.05, 0) is 18.2 Å². The molecule has 0 fully saturated rings. The van der Waals surface area contributed by atoms with E-state index in [9.17, 15) is 4.79 Å². The van der Waals surface area contributed by atoms with Gasteiger partial charge in [-0.2, -0.15) is 0 Å². The standard InChI is InChI=1S/C18H20N2O3/c1-20-9-10-23-17-12-14(7-8-15(17)20)19-18(21)11-13-5-3-4-6-16(13)22-2/h3-8,12H,9-11H2,1-2H3,(H,19,21). The molecule has 0 aliphatic carbocycles. The topological polar surface area (TPSA) is 50.8 Å². The number of amides is 1. The van der Waals surface area contributed by atoms with Gasteiger partial charge in [0, 0.05) is 24.4 Å². The van der Waals surface area contributed by atoms with Gasteiger partial charge in [0.2, 0.25) is 5.91 Å². The summed E-state index contributed by atoms with van der Waals surface area (Å²) in [4.78, 5) is 14.4. The van der Waals surface area contributed by atoms with E-state index in [-0.39, 0.29) is 12.3 Å². The molecule has 2 aromatic rings. The van der Waals surface area contributed by atoms with Gasteiger partial charge >= 0.3 is 0 Å². The van der Waals surface area contributed by atoms with Crippen LogP contribution < -0.4 is 19.7 Å². The molecule has 120 valence electrons. The Balaban J connectivity index is 1.71. The summed E-state index contributed by atoms with van der Waals surface area (Å²) >= 11 is 0. The minimum atomic E-state index is -0.0846. The second-order valence-corrected chi connectivity index (χ2v) is 5.49. The van der Waals surface area contributed by atoms with Gasteiger partial charge in [0.05, 0.1) is 25.8 Å². The number of ether oxygens (including phenoxy) is 2. The molecular weight excluding hydrogens is 292 g/mol. The fraction of sp³-hybridized carbons (Fsp3) is 0.278. The molecule has 1 amide bonds. The number of rotatable bonds is 4. The van der Waals surface area contributed by atoms with Gasteiger partial charge in [-0.1, -0.05) is 18.2 Å². The predicted molar refractivity (Wildman–Crippen MR) is 90.5 cm³/mol. The minimum absolute atomic E-state index is 0.0846. The maximum absolute atomic E-state index is 12.3. The molecule has 1 aliphatic rings. The van der Waals surface area contributed by atoms with E-state index in [1.165, 1.54) is 0 Å². The number of para-hydroxylation sites is 1. The molecule has 0 atom stereocenters. The maximum atomic E-state index is 12.3. The number of likely N-dealkylation sites (N-methyl/N-ethyl adjacent to an activating group) is 1. The minimum Gasteiger partial charge on any atom is -0.496 e. The molecule has 1 N–H and O–H groups in total. The van der Waals surface area contributed by atoms with Crippen LogP contribution in [0.2, 0.25) is 0 Å². The highest BCUT2D eigenvalue weighted by molar-refractivity contribution is 5.93. The van der Waals surface area contributed by atoms with Crippen molar-refractivity contribution in [2.24, 2.45) is 0 Å². The molecule has 0 saturated heterocycles. The molecule has 2 aromatic carbocycles. The van der Waals surface area contributed by atoms with Gasteiger partial charge in [0.25, 0.3) is 0 Å². The van der Waals surface area contributed by atoms with E-state index in [1.807, 2.05) is 49.5 Å². The molecule has 1 heterocycles. The number of methoxy groups -OCH3 is 1. The second-order valence-electron chi connectivity index (χ2n) is 5.49. The average molecular weight is 312 g/mol. The Kier molecular flexibility index (Phi) is 4.37. The summed E-state index contributed by atoms with van der Waals surface area (Å²) in [6, 6.07) is 13.3. The molecule has 5 nitrogen and oxygen atoms in total. The summed E-state index contributed by atoms with van der Waals surface area (Å²) in [5.74, 6) is 1.44. The van der Waals surface area contributed by atoms with Crippen molar-refractivity contribution in [3.05, 3.63) is 48.0 Å². The number of anilines is 2. The zero-order valence-electron chi connectivity index (χ0n) is 13.3. The molecule has 23 heavy (non-hydrogen) atoms. The number of fused-ring (bicyclic) bond motifs is 1. The monoisotopic (exact) mass is 312 g/mol. The van der Waals surface area contributed by atoms with Crippen molar-refractivity contribution >= 4 is 17.3 Å². The van der Waals surface area contributed by atoms with Gasteiger partial charge < -0.3 is 19.7 Å². The summed E-state index contributed by atoms with van der Waals surface area (Å²) < 4.78 is 10.9. The molecular formula is C18H20N2O3. The van der Waals surface area contributed by atoms with Crippen LogP contribution in [0.4, 0.5) is 11.4 Å². The molecule has 0 saturated carbocycles. The van der Waals surface area contributed by atoms with Crippen molar-refractivity contribution in [2.75, 3.05) is 37.5 Å². The Bertz CT molecular complexity index is 715. The average Bonchev–Trinajstić information content (AvgIpc) is 2.55. The normalized spacial score (nSPS) is 13.0. The highest BCUT2D eigenvalue weighted by Crippen LogP contribution is 2.33. The van der Waals surface area contributed by atoms with Gasteiger partial charge in [-0.3, -0.25) is 4.79 Å². The van der Waals surface area contributed by atoms with Crippen LogP contribution in [0, 0.1) is 0 Å². The Morgan fingerprint density at radius 2 is 2.13 bits per heavy atom. The van der Waals surface area contributed by atoms with Crippen molar-refractivity contribution < 1.29 is 14.3 Å². The quantitative estimate of drug-likeness (QED) is 0.943. The van der Waals surface area contributed by atoms with E-state index in [1.54, 1.807) is 7.11 Å². The predicted octanol–water partition coefficient (Wildman–Crippen LogP) is 2.71. The highest BCUT2D eigenvalue weighted by atomic mass is 16.5. The first-order chi connectivity index (χ1) is 11.2. The van der Waals surface area contributed by atoms with Crippen molar-refractivity contribution in [1.82, 2.24) is 0 Å². The number of nitrogens with zero attached hydrogens (tertiary/aromatic N) is 1. The van der Waals surface area contributed by atoms with E-state index >= 15 is 0 Å². The largest absolute Gasteiger partial charge is 0.496 e. The van der Waals surface area contributed by atoms with Crippen LogP contribution in [0.15, 0.2) is 42.5 Å². The summed E-state index contributed by atoms with van der Waals surface area (Å²) in [6.45, 7) is 1.52. The number of hydrogen-bond acceptors (Lipinski definition) is 4. The zero-order valence-corrected chi connectivity index (χ0v) is 13.3. The van der Waals surface area contributed by atoms with Crippen LogP contribution in [0.3, 0.4) is 0 Å². The number of benzene rings is 2. The lowest BCUT2D eigenvalue weighted by Gasteiger charge is -2.28. The summed E-state index contributed by atoms with van der Waals surface area (Å²) in [6.07, 6.45) is 0.266. The van der Waals surface area contributed by atoms with Crippen LogP contribution in [-0.4, -0.2) is 33.2 Å². The molecule has 3 rings (SSSR count). The highest BCUT2D eigenvalue weighted by Gasteiger charge is 2.16. The first-order valence-corrected chi connectivity index (χ1v) is 7.57. The number of carbonyl (C=O) groups excluding carboxylic acids is 1. The summed E-state index contributed by atoms with van der Waals surface area (Å²) in [7, 11) is 3.63. The van der Waals surface area contributed by atoms with Crippen molar-refractivity contribution in [3.63, 3.8) is 0 Å². The lowest BCUT2D eigenvalue weighted by atomic mass is 10.1. The van der Waals surface area contributed by atoms with Gasteiger partial charge in [0.15, 0.2) is 0 Å². The fourth-order valence-electron chi connectivity index (χ4n) is 2.66. The van der Waals surface area contributed by atoms with E-state index in [4.69, 9.17) is 9.47 Å². The Morgan fingerprint density at radius 3 is 2.96 bits per heavy atom. The molecule has 0 aromatic heterocycles. The van der Waals surface area contributed by atoms with Crippen LogP contribution >= 0.6 is 0 Å². The van der Waals surface area contributed by atoms with E-state index < -0.39 is 0 Å². The van der Waals surface area contributed by atoms with Crippen LogP contribution in [-0.2, 0) is 11.2 Å². The van der Waals surface area contributed by atoms with Gasteiger partial charge in [-0.15, -0.1) is 0 Å². The first-order valence-electron chi connectivity index (χ1n) is 7.57. The molecule has 0 unspecified atom stereocenters. The second kappa shape index (κ2) is 6.60. The molecule has 0 spiro atoms. The van der Waals surface area contributed by atoms with Crippen molar-refractivity contribution in [2.45, 2.75) is 6.42 Å². The fourth-order valence-corrected chi connectivity index (χ4v) is 2.66. The zero-order chi connectivity index (χ0) is 16.2. The summed E-state index contributed by atoms with van der Waals surface area (Å²) in [5, 5.41) is 2.91. The van der Waals surface area contributed by atoms with Gasteiger partial charge in [0.1, 0.15) is 18.1 Å². The molecule has 1 aliphatic heterocycles. The van der Waals surface area contributed by atoms with Gasteiger partial charge in [-0.25, -0.2) is 0 Å². The number of hydrogen-bond donors (Lipinski definition) is 1. The van der Waals surface area contributed by atoms with E-state index in [0.717, 1.165) is 35.0 Å². The molecule has 5 heteroatoms. The Hall–Kier alpha value is -2.69. The van der Waals surface area contributed by atoms with Crippen LogP contribution in [0.5, 0.6) is 11.5 Å². The number of carbonyl (C=O) groups is 1. The third kappa shape index (κ3) is 3.39. The Morgan fingerprint density at radius 1 is 1.30 bits per heavy atom. The third-order valence-corrected chi connectivity index (χ3v) is 3.88. The third-order valence-electron chi connectivity index (χ3n) is 3.88. The Labute approximate surface area is 135 Å². The van der Waals surface area contributed by atoms with Crippen molar-refractivity contribution in [3.8, 4) is 11.5 Å².